The second-order valence-electron chi connectivity index (χ2n) is 11.1. The van der Waals surface area contributed by atoms with Crippen molar-refractivity contribution in [2.24, 2.45) is 5.92 Å². The predicted octanol–water partition coefficient (Wildman–Crippen LogP) is 5.74. The molecule has 230 valence electrons. The zero-order chi connectivity index (χ0) is 31.7. The third-order valence-electron chi connectivity index (χ3n) is 7.22. The van der Waals surface area contributed by atoms with E-state index in [2.05, 4.69) is 5.32 Å². The Hall–Kier alpha value is -4.50. The molecule has 4 aromatic carbocycles. The number of anilines is 1. The van der Waals surface area contributed by atoms with Crippen molar-refractivity contribution < 1.29 is 22.4 Å². The largest absolute Gasteiger partial charge is 0.354 e. The van der Waals surface area contributed by atoms with E-state index in [0.29, 0.717) is 23.4 Å². The number of nitrogens with zero attached hydrogens (tertiary/aromatic N) is 2. The Bertz CT molecular complexity index is 1650. The van der Waals surface area contributed by atoms with Crippen molar-refractivity contribution in [2.75, 3.05) is 17.4 Å². The minimum Gasteiger partial charge on any atom is -0.354 e. The summed E-state index contributed by atoms with van der Waals surface area (Å²) in [5, 5.41) is 2.96. The first-order chi connectivity index (χ1) is 21.1. The Morgan fingerprint density at radius 3 is 2.00 bits per heavy atom. The van der Waals surface area contributed by atoms with Crippen molar-refractivity contribution in [1.82, 2.24) is 10.2 Å². The fourth-order valence-corrected chi connectivity index (χ4v) is 6.34. The number of nitrogens with one attached hydrogen (secondary N) is 1. The maximum atomic E-state index is 14.4. The number of benzene rings is 4. The highest BCUT2D eigenvalue weighted by Gasteiger charge is 2.35. The van der Waals surface area contributed by atoms with Crippen LogP contribution in [-0.4, -0.2) is 44.3 Å². The molecule has 4 rings (SSSR count). The Kier molecular flexibility index (Phi) is 10.9. The Morgan fingerprint density at radius 1 is 0.795 bits per heavy atom. The van der Waals surface area contributed by atoms with E-state index in [4.69, 9.17) is 0 Å². The lowest BCUT2D eigenvalue weighted by Crippen LogP contribution is -2.53. The van der Waals surface area contributed by atoms with E-state index in [1.165, 1.54) is 29.2 Å². The van der Waals surface area contributed by atoms with E-state index in [-0.39, 0.29) is 29.7 Å². The average molecular weight is 616 g/mol. The number of para-hydroxylation sites is 1. The number of hydrogen-bond donors (Lipinski definition) is 1. The molecule has 0 heterocycles. The maximum absolute atomic E-state index is 14.4. The fourth-order valence-electron chi connectivity index (χ4n) is 4.84. The van der Waals surface area contributed by atoms with Crippen LogP contribution in [0.1, 0.15) is 30.5 Å². The van der Waals surface area contributed by atoms with Gasteiger partial charge in [0.25, 0.3) is 10.0 Å². The van der Waals surface area contributed by atoms with E-state index in [0.717, 1.165) is 9.87 Å². The molecule has 0 aliphatic heterocycles. The van der Waals surface area contributed by atoms with E-state index in [1.54, 1.807) is 61.5 Å². The van der Waals surface area contributed by atoms with Crippen molar-refractivity contribution in [3.8, 4) is 0 Å². The van der Waals surface area contributed by atoms with Crippen LogP contribution in [0.2, 0.25) is 0 Å². The second kappa shape index (κ2) is 14.8. The number of sulfonamides is 1. The van der Waals surface area contributed by atoms with Gasteiger partial charge in [-0.3, -0.25) is 13.9 Å². The molecule has 44 heavy (non-hydrogen) atoms. The molecule has 0 aliphatic carbocycles. The van der Waals surface area contributed by atoms with Gasteiger partial charge in [0.1, 0.15) is 18.4 Å². The van der Waals surface area contributed by atoms with Gasteiger partial charge in [0, 0.05) is 19.5 Å². The highest BCUT2D eigenvalue weighted by Crippen LogP contribution is 2.27. The second-order valence-corrected chi connectivity index (χ2v) is 13.0. The van der Waals surface area contributed by atoms with Gasteiger partial charge in [-0.2, -0.15) is 0 Å². The molecule has 0 bridgehead atoms. The lowest BCUT2D eigenvalue weighted by molar-refractivity contribution is -0.140. The van der Waals surface area contributed by atoms with E-state index in [9.17, 15) is 22.4 Å². The summed E-state index contributed by atoms with van der Waals surface area (Å²) in [5.74, 6) is -1.18. The third-order valence-corrected chi connectivity index (χ3v) is 8.99. The highest BCUT2D eigenvalue weighted by atomic mass is 32.2. The normalized spacial score (nSPS) is 12.0. The van der Waals surface area contributed by atoms with Crippen LogP contribution in [0.4, 0.5) is 10.1 Å². The van der Waals surface area contributed by atoms with Gasteiger partial charge in [-0.05, 0) is 59.9 Å². The van der Waals surface area contributed by atoms with Gasteiger partial charge in [0.15, 0.2) is 0 Å². The predicted molar refractivity (Wildman–Crippen MR) is 171 cm³/mol. The van der Waals surface area contributed by atoms with E-state index >= 15 is 0 Å². The molecule has 0 saturated heterocycles. The molecule has 0 radical (unpaired) electrons. The molecule has 7 nitrogen and oxygen atoms in total. The molecule has 2 amide bonds. The number of carbonyl (C=O) groups is 2. The van der Waals surface area contributed by atoms with Crippen molar-refractivity contribution in [3.05, 3.63) is 132 Å². The molecule has 0 saturated carbocycles. The molecule has 0 unspecified atom stereocenters. The van der Waals surface area contributed by atoms with Crippen molar-refractivity contribution in [3.63, 3.8) is 0 Å². The first-order valence-corrected chi connectivity index (χ1v) is 16.0. The summed E-state index contributed by atoms with van der Waals surface area (Å²) >= 11 is 0. The van der Waals surface area contributed by atoms with E-state index < -0.39 is 34.3 Å². The first-order valence-electron chi connectivity index (χ1n) is 14.5. The van der Waals surface area contributed by atoms with Crippen LogP contribution >= 0.6 is 0 Å². The van der Waals surface area contributed by atoms with Gasteiger partial charge >= 0.3 is 0 Å². The van der Waals surface area contributed by atoms with Crippen LogP contribution in [0.3, 0.4) is 0 Å². The van der Waals surface area contributed by atoms with Crippen molar-refractivity contribution in [1.29, 1.82) is 0 Å². The molecule has 0 fully saturated rings. The molecule has 1 atom stereocenters. The number of halogens is 1. The van der Waals surface area contributed by atoms with Gasteiger partial charge in [-0.15, -0.1) is 0 Å². The number of amides is 2. The number of carbonyl (C=O) groups excluding carboxylic acids is 2. The third kappa shape index (κ3) is 8.32. The topological polar surface area (TPSA) is 86.8 Å². The van der Waals surface area contributed by atoms with Gasteiger partial charge in [0.2, 0.25) is 11.8 Å². The molecule has 0 aliphatic rings. The molecule has 1 N–H and O–H groups in total. The smallest absolute Gasteiger partial charge is 0.264 e. The van der Waals surface area contributed by atoms with E-state index in [1.807, 2.05) is 44.2 Å². The van der Waals surface area contributed by atoms with Gasteiger partial charge in [-0.25, -0.2) is 12.8 Å². The lowest BCUT2D eigenvalue weighted by atomic mass is 10.0. The summed E-state index contributed by atoms with van der Waals surface area (Å²) in [6.45, 7) is 5.55. The van der Waals surface area contributed by atoms with Crippen LogP contribution in [0, 0.1) is 18.7 Å². The fraction of sp³-hybridized carbons (Fsp3) is 0.257. The summed E-state index contributed by atoms with van der Waals surface area (Å²) < 4.78 is 43.0. The van der Waals surface area contributed by atoms with Crippen molar-refractivity contribution in [2.45, 2.75) is 44.7 Å². The summed E-state index contributed by atoms with van der Waals surface area (Å²) in [6, 6.07) is 29.0. The maximum Gasteiger partial charge on any atom is 0.264 e. The minimum absolute atomic E-state index is 0.0291. The minimum atomic E-state index is -4.17. The summed E-state index contributed by atoms with van der Waals surface area (Å²) in [7, 11) is -4.17. The zero-order valence-corrected chi connectivity index (χ0v) is 26.0. The number of rotatable bonds is 13. The summed E-state index contributed by atoms with van der Waals surface area (Å²) in [5.41, 5.74) is 2.46. The molecule has 9 heteroatoms. The van der Waals surface area contributed by atoms with Crippen LogP contribution in [-0.2, 0) is 32.6 Å². The van der Waals surface area contributed by atoms with Crippen molar-refractivity contribution >= 4 is 27.5 Å². The van der Waals surface area contributed by atoms with Crippen LogP contribution in [0.15, 0.2) is 114 Å². The Morgan fingerprint density at radius 2 is 1.39 bits per heavy atom. The van der Waals surface area contributed by atoms with Gasteiger partial charge < -0.3 is 10.2 Å². The Balaban J connectivity index is 1.79. The summed E-state index contributed by atoms with van der Waals surface area (Å²) in [6.07, 6.45) is 0.202. The standard InChI is InChI=1S/C35H38FN3O4S/c1-26(2)23-37-35(41)33(22-28-13-6-4-7-14-28)38(24-29-18-20-30(36)21-19-29)34(40)25-39(32-17-11-10-12-27(32)3)44(42,43)31-15-8-5-9-16-31/h4-21,26,33H,22-25H2,1-3H3,(H,37,41)/t33-/m1/s1. The van der Waals surface area contributed by atoms with Crippen LogP contribution in [0.5, 0.6) is 0 Å². The van der Waals surface area contributed by atoms with Crippen LogP contribution in [0.25, 0.3) is 0 Å². The first kappa shape index (κ1) is 32.4. The number of hydrogen-bond acceptors (Lipinski definition) is 4. The molecule has 0 spiro atoms. The zero-order valence-electron chi connectivity index (χ0n) is 25.2. The average Bonchev–Trinajstić information content (AvgIpc) is 3.02. The van der Waals surface area contributed by atoms with Gasteiger partial charge in [-0.1, -0.05) is 92.7 Å². The lowest BCUT2D eigenvalue weighted by Gasteiger charge is -2.34. The van der Waals surface area contributed by atoms with Crippen LogP contribution < -0.4 is 9.62 Å². The highest BCUT2D eigenvalue weighted by molar-refractivity contribution is 7.92. The molecule has 4 aromatic rings. The number of aryl methyl sites for hydroxylation is 1. The monoisotopic (exact) mass is 615 g/mol. The van der Waals surface area contributed by atoms with Gasteiger partial charge in [0.05, 0.1) is 10.6 Å². The molecule has 0 aromatic heterocycles. The Labute approximate surface area is 259 Å². The quantitative estimate of drug-likeness (QED) is 0.208. The molecular formula is C35H38FN3O4S. The SMILES string of the molecule is Cc1ccccc1N(CC(=O)N(Cc1ccc(F)cc1)[C@H](Cc1ccccc1)C(=O)NCC(C)C)S(=O)(=O)c1ccccc1. The molecular weight excluding hydrogens is 577 g/mol. The summed E-state index contributed by atoms with van der Waals surface area (Å²) in [4.78, 5) is 29.6.